The molecule has 0 saturated carbocycles. The van der Waals surface area contributed by atoms with E-state index in [4.69, 9.17) is 0 Å². The van der Waals surface area contributed by atoms with E-state index in [1.807, 2.05) is 6.07 Å². The van der Waals surface area contributed by atoms with Crippen LogP contribution in [-0.4, -0.2) is 20.7 Å². The molecule has 0 bridgehead atoms. The Hall–Kier alpha value is -3.14. The van der Waals surface area contributed by atoms with Gasteiger partial charge in [0.1, 0.15) is 11.5 Å². The second kappa shape index (κ2) is 7.12. The molecule has 4 nitrogen and oxygen atoms in total. The Morgan fingerprint density at radius 3 is 2.68 bits per heavy atom. The molecule has 28 heavy (non-hydrogen) atoms. The van der Waals surface area contributed by atoms with E-state index in [0.29, 0.717) is 28.0 Å². The van der Waals surface area contributed by atoms with Gasteiger partial charge < -0.3 is 0 Å². The van der Waals surface area contributed by atoms with Gasteiger partial charge in [-0.3, -0.25) is 9.36 Å². The number of pyridine rings is 1. The Kier molecular flexibility index (Phi) is 4.63. The van der Waals surface area contributed by atoms with Crippen LogP contribution in [0.2, 0.25) is 0 Å². The predicted octanol–water partition coefficient (Wildman–Crippen LogP) is 3.71. The van der Waals surface area contributed by atoms with Crippen molar-refractivity contribution in [1.82, 2.24) is 14.5 Å². The monoisotopic (exact) mass is 383 g/mol. The van der Waals surface area contributed by atoms with E-state index in [2.05, 4.69) is 21.8 Å². The minimum Gasteiger partial charge on any atom is -0.296 e. The first-order valence-corrected chi connectivity index (χ1v) is 8.95. The van der Waals surface area contributed by atoms with E-state index in [1.54, 1.807) is 36.5 Å². The van der Waals surface area contributed by atoms with E-state index in [-0.39, 0.29) is 31.4 Å². The Balaban J connectivity index is 1.80. The van der Waals surface area contributed by atoms with E-state index in [0.717, 1.165) is 0 Å². The van der Waals surface area contributed by atoms with E-state index in [1.165, 1.54) is 4.57 Å². The molecule has 1 atom stereocenters. The summed E-state index contributed by atoms with van der Waals surface area (Å²) < 4.78 is 40.7. The number of nitrogens with zero attached hydrogens (tertiary/aromatic N) is 3. The third kappa shape index (κ3) is 3.50. The molecule has 1 aromatic carbocycles. The van der Waals surface area contributed by atoms with Crippen molar-refractivity contribution in [2.24, 2.45) is 5.92 Å². The molecule has 2 aromatic heterocycles. The molecule has 0 saturated heterocycles. The highest BCUT2D eigenvalue weighted by Gasteiger charge is 2.40. The number of aryl methyl sites for hydroxylation is 1. The molecule has 1 aliphatic rings. The zero-order valence-corrected chi connectivity index (χ0v) is 14.8. The molecule has 0 aliphatic carbocycles. The zero-order chi connectivity index (χ0) is 19.7. The standard InChI is InChI=1S/C21H16F3N3O/c22-21(23,24)15-8-10-18-26-17-6-3-4-14(7-9-16-5-1-2-12-25-16)19(17)20(28)27(18)13-11-15/h1-6,12,15H,8,10-11,13H2. The third-order valence-corrected chi connectivity index (χ3v) is 4.93. The summed E-state index contributed by atoms with van der Waals surface area (Å²) in [5.41, 5.74) is 1.17. The van der Waals surface area contributed by atoms with E-state index in [9.17, 15) is 18.0 Å². The summed E-state index contributed by atoms with van der Waals surface area (Å²) in [5, 5.41) is 0.333. The van der Waals surface area contributed by atoms with Crippen LogP contribution in [0.15, 0.2) is 47.4 Å². The lowest BCUT2D eigenvalue weighted by atomic mass is 10.00. The number of halogens is 3. The van der Waals surface area contributed by atoms with Crippen LogP contribution < -0.4 is 5.56 Å². The molecule has 7 heteroatoms. The molecule has 0 spiro atoms. The van der Waals surface area contributed by atoms with Crippen LogP contribution in [0.5, 0.6) is 0 Å². The highest BCUT2D eigenvalue weighted by atomic mass is 19.4. The number of fused-ring (bicyclic) bond motifs is 2. The topological polar surface area (TPSA) is 47.8 Å². The first-order chi connectivity index (χ1) is 13.4. The second-order valence-corrected chi connectivity index (χ2v) is 6.72. The fourth-order valence-corrected chi connectivity index (χ4v) is 3.46. The minimum absolute atomic E-state index is 0.00326. The summed E-state index contributed by atoms with van der Waals surface area (Å²) in [6, 6.07) is 10.5. The average Bonchev–Trinajstić information content (AvgIpc) is 2.90. The van der Waals surface area contributed by atoms with Crippen LogP contribution in [0.25, 0.3) is 10.9 Å². The lowest BCUT2D eigenvalue weighted by molar-refractivity contribution is -0.177. The Morgan fingerprint density at radius 1 is 1.07 bits per heavy atom. The molecular weight excluding hydrogens is 367 g/mol. The van der Waals surface area contributed by atoms with Gasteiger partial charge in [0.15, 0.2) is 0 Å². The maximum atomic E-state index is 13.1. The highest BCUT2D eigenvalue weighted by Crippen LogP contribution is 2.34. The van der Waals surface area contributed by atoms with Gasteiger partial charge in [-0.1, -0.05) is 18.1 Å². The number of hydrogen-bond donors (Lipinski definition) is 0. The average molecular weight is 383 g/mol. The number of aromatic nitrogens is 3. The van der Waals surface area contributed by atoms with Crippen molar-refractivity contribution in [3.63, 3.8) is 0 Å². The molecule has 0 radical (unpaired) electrons. The molecule has 4 rings (SSSR count). The van der Waals surface area contributed by atoms with Gasteiger partial charge in [-0.2, -0.15) is 13.2 Å². The van der Waals surface area contributed by atoms with Crippen molar-refractivity contribution in [1.29, 1.82) is 0 Å². The molecule has 1 unspecified atom stereocenters. The van der Waals surface area contributed by atoms with E-state index < -0.39 is 12.1 Å². The molecule has 0 N–H and O–H groups in total. The molecule has 3 aromatic rings. The van der Waals surface area contributed by atoms with Gasteiger partial charge >= 0.3 is 6.18 Å². The maximum Gasteiger partial charge on any atom is 0.391 e. The summed E-state index contributed by atoms with van der Waals surface area (Å²) in [6.45, 7) is 0.00326. The van der Waals surface area contributed by atoms with Gasteiger partial charge in [0.05, 0.1) is 16.8 Å². The number of hydrogen-bond acceptors (Lipinski definition) is 3. The van der Waals surface area contributed by atoms with Gasteiger partial charge in [-0.05, 0) is 43.0 Å². The van der Waals surface area contributed by atoms with Crippen molar-refractivity contribution in [3.05, 3.63) is 70.0 Å². The number of rotatable bonds is 0. The molecule has 0 amide bonds. The second-order valence-electron chi connectivity index (χ2n) is 6.72. The summed E-state index contributed by atoms with van der Waals surface area (Å²) in [4.78, 5) is 21.7. The summed E-state index contributed by atoms with van der Waals surface area (Å²) >= 11 is 0. The third-order valence-electron chi connectivity index (χ3n) is 4.93. The molecule has 3 heterocycles. The fraction of sp³-hybridized carbons (Fsp3) is 0.286. The van der Waals surface area contributed by atoms with Crippen molar-refractivity contribution in [2.75, 3.05) is 0 Å². The Morgan fingerprint density at radius 2 is 1.93 bits per heavy atom. The van der Waals surface area contributed by atoms with Crippen LogP contribution >= 0.6 is 0 Å². The van der Waals surface area contributed by atoms with E-state index >= 15 is 0 Å². The molecule has 0 fully saturated rings. The van der Waals surface area contributed by atoms with Crippen LogP contribution in [0, 0.1) is 17.8 Å². The number of alkyl halides is 3. The van der Waals surface area contributed by atoms with Gasteiger partial charge in [-0.25, -0.2) is 9.97 Å². The lowest BCUT2D eigenvalue weighted by Gasteiger charge is -2.16. The normalized spacial score (nSPS) is 16.8. The SMILES string of the molecule is O=c1c2c(C#Cc3ccccn3)cccc2nc2n1CCC(C(F)(F)F)CC2. The van der Waals surface area contributed by atoms with Crippen LogP contribution in [0.4, 0.5) is 13.2 Å². The summed E-state index contributed by atoms with van der Waals surface area (Å²) in [5.74, 6) is 4.85. The van der Waals surface area contributed by atoms with Gasteiger partial charge in [0.25, 0.3) is 5.56 Å². The fourth-order valence-electron chi connectivity index (χ4n) is 3.46. The first kappa shape index (κ1) is 18.2. The molecular formula is C21H16F3N3O. The quantitative estimate of drug-likeness (QED) is 0.556. The van der Waals surface area contributed by atoms with Crippen molar-refractivity contribution in [2.45, 2.75) is 32.0 Å². The predicted molar refractivity (Wildman–Crippen MR) is 98.7 cm³/mol. The largest absolute Gasteiger partial charge is 0.391 e. The van der Waals surface area contributed by atoms with Crippen LogP contribution in [0.1, 0.15) is 29.9 Å². The van der Waals surface area contributed by atoms with Crippen molar-refractivity contribution in [3.8, 4) is 11.8 Å². The van der Waals surface area contributed by atoms with Crippen LogP contribution in [-0.2, 0) is 13.0 Å². The first-order valence-electron chi connectivity index (χ1n) is 8.95. The van der Waals surface area contributed by atoms with Crippen molar-refractivity contribution < 1.29 is 13.2 Å². The lowest BCUT2D eigenvalue weighted by Crippen LogP contribution is -2.26. The highest BCUT2D eigenvalue weighted by molar-refractivity contribution is 5.84. The number of benzene rings is 1. The molecule has 142 valence electrons. The zero-order valence-electron chi connectivity index (χ0n) is 14.8. The maximum absolute atomic E-state index is 13.1. The minimum atomic E-state index is -4.26. The smallest absolute Gasteiger partial charge is 0.296 e. The van der Waals surface area contributed by atoms with Gasteiger partial charge in [0.2, 0.25) is 0 Å². The summed E-state index contributed by atoms with van der Waals surface area (Å²) in [6.07, 6.45) is -2.68. The van der Waals surface area contributed by atoms with Crippen molar-refractivity contribution >= 4 is 10.9 Å². The molecule has 1 aliphatic heterocycles. The summed E-state index contributed by atoms with van der Waals surface area (Å²) in [7, 11) is 0. The Labute approximate surface area is 159 Å². The van der Waals surface area contributed by atoms with Gasteiger partial charge in [0, 0.05) is 24.7 Å². The van der Waals surface area contributed by atoms with Crippen LogP contribution in [0.3, 0.4) is 0 Å². The Bertz CT molecular complexity index is 1140. The van der Waals surface area contributed by atoms with Gasteiger partial charge in [-0.15, -0.1) is 0 Å².